The fraction of sp³-hybridized carbons (Fsp3) is 0.160. The van der Waals surface area contributed by atoms with Crippen LogP contribution in [-0.4, -0.2) is 29.6 Å². The van der Waals surface area contributed by atoms with Crippen LogP contribution in [0.2, 0.25) is 0 Å². The summed E-state index contributed by atoms with van der Waals surface area (Å²) in [6.07, 6.45) is 1.78. The van der Waals surface area contributed by atoms with E-state index in [1.54, 1.807) is 31.3 Å². The first-order valence-electron chi connectivity index (χ1n) is 9.91. The summed E-state index contributed by atoms with van der Waals surface area (Å²) in [6, 6.07) is 23.1. The van der Waals surface area contributed by atoms with Gasteiger partial charge in [-0.1, -0.05) is 54.6 Å². The topological polar surface area (TPSA) is 75.8 Å². The van der Waals surface area contributed by atoms with Crippen LogP contribution >= 0.6 is 12.4 Å². The molecule has 158 valence electrons. The first-order valence-corrected chi connectivity index (χ1v) is 9.91. The molecule has 0 unspecified atom stereocenters. The highest BCUT2D eigenvalue weighted by molar-refractivity contribution is 6.21. The minimum atomic E-state index is -0.227. The van der Waals surface area contributed by atoms with E-state index in [0.29, 0.717) is 17.0 Å². The number of rotatable bonds is 6. The SMILES string of the molecule is CN=C(N)c1cccc(CCc2ccc(CN3C(=O)c4ccccc4C3=O)cc2)c1.Cl. The van der Waals surface area contributed by atoms with Crippen LogP contribution in [0.25, 0.3) is 0 Å². The van der Waals surface area contributed by atoms with Gasteiger partial charge >= 0.3 is 0 Å². The Bertz CT molecular complexity index is 1100. The summed E-state index contributed by atoms with van der Waals surface area (Å²) in [6.45, 7) is 0.282. The molecule has 3 aromatic rings. The molecule has 0 saturated carbocycles. The van der Waals surface area contributed by atoms with Crippen LogP contribution < -0.4 is 5.73 Å². The molecule has 4 rings (SSSR count). The smallest absolute Gasteiger partial charge is 0.261 e. The van der Waals surface area contributed by atoms with Crippen LogP contribution in [0.3, 0.4) is 0 Å². The minimum Gasteiger partial charge on any atom is -0.384 e. The maximum absolute atomic E-state index is 12.5. The zero-order valence-corrected chi connectivity index (χ0v) is 18.1. The number of hydrogen-bond acceptors (Lipinski definition) is 3. The number of imide groups is 1. The Hall–Kier alpha value is -3.44. The van der Waals surface area contributed by atoms with Crippen molar-refractivity contribution < 1.29 is 9.59 Å². The van der Waals surface area contributed by atoms with Gasteiger partial charge in [-0.3, -0.25) is 19.5 Å². The van der Waals surface area contributed by atoms with Crippen LogP contribution in [0.4, 0.5) is 0 Å². The third-order valence-corrected chi connectivity index (χ3v) is 5.41. The second-order valence-electron chi connectivity index (χ2n) is 7.37. The molecule has 0 spiro atoms. The number of amides is 2. The largest absolute Gasteiger partial charge is 0.384 e. The molecule has 0 aliphatic carbocycles. The molecule has 3 aromatic carbocycles. The van der Waals surface area contributed by atoms with Gasteiger partial charge in [0.2, 0.25) is 0 Å². The zero-order valence-electron chi connectivity index (χ0n) is 17.2. The van der Waals surface area contributed by atoms with Gasteiger partial charge in [-0.15, -0.1) is 12.4 Å². The molecule has 2 N–H and O–H groups in total. The maximum Gasteiger partial charge on any atom is 0.261 e. The van der Waals surface area contributed by atoms with E-state index >= 15 is 0 Å². The highest BCUT2D eigenvalue weighted by atomic mass is 35.5. The van der Waals surface area contributed by atoms with E-state index in [-0.39, 0.29) is 30.8 Å². The van der Waals surface area contributed by atoms with E-state index in [0.717, 1.165) is 24.0 Å². The van der Waals surface area contributed by atoms with Crippen LogP contribution in [-0.2, 0) is 19.4 Å². The summed E-state index contributed by atoms with van der Waals surface area (Å²) in [4.78, 5) is 30.4. The van der Waals surface area contributed by atoms with E-state index in [9.17, 15) is 9.59 Å². The summed E-state index contributed by atoms with van der Waals surface area (Å²) >= 11 is 0. The Kier molecular flexibility index (Phi) is 6.88. The van der Waals surface area contributed by atoms with E-state index in [4.69, 9.17) is 5.73 Å². The standard InChI is InChI=1S/C25H23N3O2.ClH/c1-27-23(26)20-6-4-5-18(15-20)12-9-17-10-13-19(14-11-17)16-28-24(29)21-7-2-3-8-22(21)25(28)30;/h2-8,10-11,13-15H,9,12,16H2,1H3,(H2,26,27);1H. The molecular weight excluding hydrogens is 410 g/mol. The molecule has 31 heavy (non-hydrogen) atoms. The van der Waals surface area contributed by atoms with Crippen molar-refractivity contribution in [3.63, 3.8) is 0 Å². The van der Waals surface area contributed by atoms with E-state index < -0.39 is 0 Å². The summed E-state index contributed by atoms with van der Waals surface area (Å²) in [5, 5.41) is 0. The molecule has 0 atom stereocenters. The second kappa shape index (κ2) is 9.58. The normalized spacial score (nSPS) is 13.2. The molecule has 2 amide bonds. The molecular formula is C25H24ClN3O2. The summed E-state index contributed by atoms with van der Waals surface area (Å²) in [5.41, 5.74) is 11.1. The average Bonchev–Trinajstić information content (AvgIpc) is 3.03. The summed E-state index contributed by atoms with van der Waals surface area (Å²) in [5.74, 6) is 0.0817. The third kappa shape index (κ3) is 4.67. The van der Waals surface area contributed by atoms with Gasteiger partial charge < -0.3 is 5.73 Å². The molecule has 5 nitrogen and oxygen atoms in total. The number of amidine groups is 1. The van der Waals surface area contributed by atoms with E-state index in [2.05, 4.69) is 29.3 Å². The quantitative estimate of drug-likeness (QED) is 0.362. The number of hydrogen-bond donors (Lipinski definition) is 1. The van der Waals surface area contributed by atoms with Gasteiger partial charge in [0.25, 0.3) is 11.8 Å². The van der Waals surface area contributed by atoms with Crippen molar-refractivity contribution in [1.29, 1.82) is 0 Å². The van der Waals surface area contributed by atoms with Crippen molar-refractivity contribution in [2.24, 2.45) is 10.7 Å². The van der Waals surface area contributed by atoms with Gasteiger partial charge in [0.15, 0.2) is 0 Å². The number of carbonyl (C=O) groups excluding carboxylic acids is 2. The number of nitrogens with zero attached hydrogens (tertiary/aromatic N) is 2. The number of aliphatic imine (C=N–C) groups is 1. The van der Waals surface area contributed by atoms with Gasteiger partial charge in [0.1, 0.15) is 5.84 Å². The van der Waals surface area contributed by atoms with Crippen molar-refractivity contribution in [3.05, 3.63) is 106 Å². The predicted molar refractivity (Wildman–Crippen MR) is 125 cm³/mol. The Balaban J connectivity index is 0.00000272. The van der Waals surface area contributed by atoms with Gasteiger partial charge in [-0.05, 0) is 47.7 Å². The number of benzene rings is 3. The highest BCUT2D eigenvalue weighted by Crippen LogP contribution is 2.24. The van der Waals surface area contributed by atoms with Crippen molar-refractivity contribution in [2.45, 2.75) is 19.4 Å². The lowest BCUT2D eigenvalue weighted by Gasteiger charge is -2.14. The Morgan fingerprint density at radius 2 is 1.39 bits per heavy atom. The average molecular weight is 434 g/mol. The van der Waals surface area contributed by atoms with Crippen LogP contribution in [0.1, 0.15) is 43.0 Å². The van der Waals surface area contributed by atoms with Crippen molar-refractivity contribution in [3.8, 4) is 0 Å². The molecule has 0 saturated heterocycles. The predicted octanol–water partition coefficient (Wildman–Crippen LogP) is 4.02. The van der Waals surface area contributed by atoms with Crippen molar-refractivity contribution >= 4 is 30.1 Å². The third-order valence-electron chi connectivity index (χ3n) is 5.41. The number of aryl methyl sites for hydroxylation is 2. The Morgan fingerprint density at radius 3 is 2.00 bits per heavy atom. The van der Waals surface area contributed by atoms with Gasteiger partial charge in [-0.25, -0.2) is 0 Å². The molecule has 0 bridgehead atoms. The number of carbonyl (C=O) groups is 2. The molecule has 6 heteroatoms. The lowest BCUT2D eigenvalue weighted by Crippen LogP contribution is -2.29. The molecule has 0 fully saturated rings. The summed E-state index contributed by atoms with van der Waals surface area (Å²) < 4.78 is 0. The fourth-order valence-corrected chi connectivity index (χ4v) is 3.68. The summed E-state index contributed by atoms with van der Waals surface area (Å²) in [7, 11) is 1.69. The first kappa shape index (κ1) is 22.2. The molecule has 1 heterocycles. The highest BCUT2D eigenvalue weighted by Gasteiger charge is 2.34. The van der Waals surface area contributed by atoms with Crippen LogP contribution in [0, 0.1) is 0 Å². The monoisotopic (exact) mass is 433 g/mol. The first-order chi connectivity index (χ1) is 14.6. The van der Waals surface area contributed by atoms with Gasteiger partial charge in [0, 0.05) is 12.6 Å². The van der Waals surface area contributed by atoms with Crippen LogP contribution in [0.5, 0.6) is 0 Å². The van der Waals surface area contributed by atoms with Crippen LogP contribution in [0.15, 0.2) is 77.8 Å². The van der Waals surface area contributed by atoms with Gasteiger partial charge in [0.05, 0.1) is 17.7 Å². The van der Waals surface area contributed by atoms with Crippen molar-refractivity contribution in [2.75, 3.05) is 7.05 Å². The number of halogens is 1. The maximum atomic E-state index is 12.5. The number of fused-ring (bicyclic) bond motifs is 1. The minimum absolute atomic E-state index is 0. The Labute approximate surface area is 188 Å². The second-order valence-corrected chi connectivity index (χ2v) is 7.37. The Morgan fingerprint density at radius 1 is 0.806 bits per heavy atom. The molecule has 0 radical (unpaired) electrons. The lowest BCUT2D eigenvalue weighted by molar-refractivity contribution is 0.0642. The van der Waals surface area contributed by atoms with Gasteiger partial charge in [-0.2, -0.15) is 0 Å². The van der Waals surface area contributed by atoms with E-state index in [1.165, 1.54) is 16.0 Å². The number of nitrogens with two attached hydrogens (primary N) is 1. The van der Waals surface area contributed by atoms with Crippen molar-refractivity contribution in [1.82, 2.24) is 4.90 Å². The lowest BCUT2D eigenvalue weighted by atomic mass is 10.0. The zero-order chi connectivity index (χ0) is 21.1. The molecule has 1 aliphatic heterocycles. The van der Waals surface area contributed by atoms with E-state index in [1.807, 2.05) is 24.3 Å². The molecule has 1 aliphatic rings. The molecule has 0 aromatic heterocycles. The fourth-order valence-electron chi connectivity index (χ4n) is 3.68.